The van der Waals surface area contributed by atoms with Crippen molar-refractivity contribution in [1.82, 2.24) is 24.6 Å². The van der Waals surface area contributed by atoms with Gasteiger partial charge >= 0.3 is 0 Å². The summed E-state index contributed by atoms with van der Waals surface area (Å²) in [5, 5.41) is 7.55. The van der Waals surface area contributed by atoms with Crippen LogP contribution in [0.1, 0.15) is 24.2 Å². The van der Waals surface area contributed by atoms with Gasteiger partial charge in [0, 0.05) is 31.4 Å². The lowest BCUT2D eigenvalue weighted by Gasteiger charge is -2.34. The lowest BCUT2D eigenvalue weighted by atomic mass is 10.1. The fourth-order valence-corrected chi connectivity index (χ4v) is 3.34. The van der Waals surface area contributed by atoms with E-state index in [-0.39, 0.29) is 11.9 Å². The molecule has 1 atom stereocenters. The molecule has 0 unspecified atom stereocenters. The number of rotatable bonds is 3. The summed E-state index contributed by atoms with van der Waals surface area (Å²) in [5.74, 6) is 0.0483. The monoisotopic (exact) mass is 351 g/mol. The van der Waals surface area contributed by atoms with Gasteiger partial charge in [0.05, 0.1) is 42.7 Å². The fraction of sp³-hybridized carbons (Fsp3) is 0.316. The van der Waals surface area contributed by atoms with Crippen molar-refractivity contribution in [3.63, 3.8) is 0 Å². The van der Waals surface area contributed by atoms with Crippen molar-refractivity contribution >= 4 is 5.91 Å². The minimum Gasteiger partial charge on any atom is -0.377 e. The number of ether oxygens (including phenoxy) is 1. The van der Waals surface area contributed by atoms with E-state index in [1.54, 1.807) is 19.4 Å². The van der Waals surface area contributed by atoms with Crippen LogP contribution in [0.15, 0.2) is 43.0 Å². The van der Waals surface area contributed by atoms with E-state index in [0.29, 0.717) is 19.8 Å². The van der Waals surface area contributed by atoms with Crippen molar-refractivity contribution in [2.75, 3.05) is 19.8 Å². The number of nitrogens with one attached hydrogen (secondary N) is 1. The smallest absolute Gasteiger partial charge is 0.220 e. The molecule has 26 heavy (non-hydrogen) atoms. The normalized spacial score (nSPS) is 17.5. The topological polar surface area (TPSA) is 76.0 Å². The molecule has 1 saturated heterocycles. The highest BCUT2D eigenvalue weighted by molar-refractivity contribution is 5.74. The molecule has 134 valence electrons. The Labute approximate surface area is 151 Å². The first kappa shape index (κ1) is 16.5. The van der Waals surface area contributed by atoms with Crippen LogP contribution < -0.4 is 0 Å². The summed E-state index contributed by atoms with van der Waals surface area (Å²) in [5.41, 5.74) is 4.96. The molecule has 0 saturated carbocycles. The van der Waals surface area contributed by atoms with E-state index in [0.717, 1.165) is 28.2 Å². The molecule has 1 aromatic carbocycles. The van der Waals surface area contributed by atoms with Gasteiger partial charge in [0.2, 0.25) is 5.91 Å². The van der Waals surface area contributed by atoms with Crippen molar-refractivity contribution in [3.8, 4) is 16.9 Å². The number of morpholine rings is 1. The predicted molar refractivity (Wildman–Crippen MR) is 96.8 cm³/mol. The van der Waals surface area contributed by atoms with Gasteiger partial charge in [-0.05, 0) is 24.6 Å². The molecule has 2 aromatic heterocycles. The second-order valence-corrected chi connectivity index (χ2v) is 6.48. The largest absolute Gasteiger partial charge is 0.377 e. The first-order valence-corrected chi connectivity index (χ1v) is 8.63. The average Bonchev–Trinajstić information content (AvgIpc) is 3.34. The molecule has 7 heteroatoms. The number of hydrogen-bond acceptors (Lipinski definition) is 4. The summed E-state index contributed by atoms with van der Waals surface area (Å²) in [6.07, 6.45) is 5.47. The Morgan fingerprint density at radius 2 is 2.23 bits per heavy atom. The number of imidazole rings is 1. The third kappa shape index (κ3) is 3.01. The van der Waals surface area contributed by atoms with Gasteiger partial charge < -0.3 is 14.2 Å². The molecule has 0 bridgehead atoms. The van der Waals surface area contributed by atoms with Crippen molar-refractivity contribution in [2.45, 2.75) is 19.9 Å². The van der Waals surface area contributed by atoms with Crippen LogP contribution in [-0.2, 0) is 9.53 Å². The van der Waals surface area contributed by atoms with E-state index in [1.807, 2.05) is 21.7 Å². The van der Waals surface area contributed by atoms with E-state index in [9.17, 15) is 4.79 Å². The van der Waals surface area contributed by atoms with E-state index in [2.05, 4.69) is 40.3 Å². The highest BCUT2D eigenvalue weighted by Crippen LogP contribution is 2.28. The molecule has 1 fully saturated rings. The van der Waals surface area contributed by atoms with Gasteiger partial charge in [-0.15, -0.1) is 0 Å². The summed E-state index contributed by atoms with van der Waals surface area (Å²) in [6, 6.07) is 8.09. The summed E-state index contributed by atoms with van der Waals surface area (Å²) in [4.78, 5) is 17.8. The summed E-state index contributed by atoms with van der Waals surface area (Å²) >= 11 is 0. The summed E-state index contributed by atoms with van der Waals surface area (Å²) < 4.78 is 7.55. The highest BCUT2D eigenvalue weighted by atomic mass is 16.5. The Hall–Kier alpha value is -2.93. The van der Waals surface area contributed by atoms with Crippen LogP contribution in [0.25, 0.3) is 16.9 Å². The van der Waals surface area contributed by atoms with Gasteiger partial charge in [0.25, 0.3) is 0 Å². The van der Waals surface area contributed by atoms with Crippen LogP contribution in [0.3, 0.4) is 0 Å². The highest BCUT2D eigenvalue weighted by Gasteiger charge is 2.28. The summed E-state index contributed by atoms with van der Waals surface area (Å²) in [6.45, 7) is 5.31. The molecule has 0 spiro atoms. The number of amides is 1. The van der Waals surface area contributed by atoms with Crippen LogP contribution in [0, 0.1) is 6.92 Å². The third-order valence-corrected chi connectivity index (χ3v) is 4.78. The number of benzene rings is 1. The SMILES string of the molecule is CC(=O)N1CCOC[C@@H]1c1cc(-c2ccc(C)c(-n3ccnc3)c2)n[nH]1. The van der Waals surface area contributed by atoms with Crippen molar-refractivity contribution in [2.24, 2.45) is 0 Å². The van der Waals surface area contributed by atoms with Crippen molar-refractivity contribution < 1.29 is 9.53 Å². The van der Waals surface area contributed by atoms with Gasteiger partial charge in [0.1, 0.15) is 0 Å². The molecule has 1 N–H and O–H groups in total. The number of aromatic nitrogens is 4. The molecule has 7 nitrogen and oxygen atoms in total. The number of aryl methyl sites for hydroxylation is 1. The van der Waals surface area contributed by atoms with Crippen molar-refractivity contribution in [3.05, 3.63) is 54.2 Å². The maximum Gasteiger partial charge on any atom is 0.220 e. The zero-order chi connectivity index (χ0) is 18.1. The molecule has 3 aromatic rings. The van der Waals surface area contributed by atoms with Gasteiger partial charge in [-0.3, -0.25) is 9.89 Å². The minimum absolute atomic E-state index is 0.0483. The maximum absolute atomic E-state index is 11.9. The molecule has 4 rings (SSSR count). The maximum atomic E-state index is 11.9. The average molecular weight is 351 g/mol. The predicted octanol–water partition coefficient (Wildman–Crippen LogP) is 2.49. The molecule has 3 heterocycles. The molecule has 1 aliphatic heterocycles. The van der Waals surface area contributed by atoms with Crippen LogP contribution in [0.2, 0.25) is 0 Å². The van der Waals surface area contributed by atoms with Crippen LogP contribution in [-0.4, -0.2) is 50.3 Å². The minimum atomic E-state index is -0.124. The molecule has 0 aliphatic carbocycles. The standard InChI is InChI=1S/C19H21N5O2/c1-13-3-4-15(9-18(13)23-6-5-20-12-23)16-10-17(22-21-16)19-11-26-8-7-24(19)14(2)25/h3-6,9-10,12,19H,7-8,11H2,1-2H3,(H,21,22)/t19-/m1/s1. The zero-order valence-electron chi connectivity index (χ0n) is 14.8. The number of carbonyl (C=O) groups is 1. The number of carbonyl (C=O) groups excluding carboxylic acids is 1. The Bertz CT molecular complexity index is 916. The second-order valence-electron chi connectivity index (χ2n) is 6.48. The molecule has 0 radical (unpaired) electrons. The molecular weight excluding hydrogens is 330 g/mol. The van der Waals surface area contributed by atoms with Gasteiger partial charge in [-0.1, -0.05) is 12.1 Å². The van der Waals surface area contributed by atoms with Gasteiger partial charge in [0.15, 0.2) is 0 Å². The Kier molecular flexibility index (Phi) is 4.30. The van der Waals surface area contributed by atoms with Gasteiger partial charge in [-0.25, -0.2) is 4.98 Å². The number of hydrogen-bond donors (Lipinski definition) is 1. The Balaban J connectivity index is 1.66. The van der Waals surface area contributed by atoms with E-state index < -0.39 is 0 Å². The van der Waals surface area contributed by atoms with E-state index in [4.69, 9.17) is 4.74 Å². The summed E-state index contributed by atoms with van der Waals surface area (Å²) in [7, 11) is 0. The first-order valence-electron chi connectivity index (χ1n) is 8.63. The number of aromatic amines is 1. The molecule has 1 amide bonds. The van der Waals surface area contributed by atoms with Crippen LogP contribution in [0.4, 0.5) is 0 Å². The quantitative estimate of drug-likeness (QED) is 0.787. The van der Waals surface area contributed by atoms with Crippen LogP contribution in [0.5, 0.6) is 0 Å². The molecule has 1 aliphatic rings. The van der Waals surface area contributed by atoms with Crippen LogP contribution >= 0.6 is 0 Å². The fourth-order valence-electron chi connectivity index (χ4n) is 3.34. The third-order valence-electron chi connectivity index (χ3n) is 4.78. The molecular formula is C19H21N5O2. The Morgan fingerprint density at radius 3 is 3.00 bits per heavy atom. The van der Waals surface area contributed by atoms with Crippen molar-refractivity contribution in [1.29, 1.82) is 0 Å². The van der Waals surface area contributed by atoms with E-state index >= 15 is 0 Å². The van der Waals surface area contributed by atoms with E-state index in [1.165, 1.54) is 0 Å². The Morgan fingerprint density at radius 1 is 1.35 bits per heavy atom. The number of nitrogens with zero attached hydrogens (tertiary/aromatic N) is 4. The lowest BCUT2D eigenvalue weighted by Crippen LogP contribution is -2.42. The zero-order valence-corrected chi connectivity index (χ0v) is 14.8. The first-order chi connectivity index (χ1) is 12.6. The number of H-pyrrole nitrogens is 1. The second kappa shape index (κ2) is 6.76. The van der Waals surface area contributed by atoms with Gasteiger partial charge in [-0.2, -0.15) is 5.10 Å². The lowest BCUT2D eigenvalue weighted by molar-refractivity contribution is -0.137.